The van der Waals surface area contributed by atoms with Crippen LogP contribution in [0.4, 0.5) is 0 Å². The molecule has 6 aliphatic carbocycles. The van der Waals surface area contributed by atoms with Crippen molar-refractivity contribution in [2.45, 2.75) is 141 Å². The second kappa shape index (κ2) is 17.8. The molecule has 0 saturated heterocycles. The number of aliphatic hydroxyl groups excluding tert-OH is 3. The Morgan fingerprint density at radius 3 is 1.55 bits per heavy atom. The fraction of sp³-hybridized carbons (Fsp3) is 0.464. The summed E-state index contributed by atoms with van der Waals surface area (Å²) in [5.74, 6) is 1.34. The van der Waals surface area contributed by atoms with E-state index in [0.717, 1.165) is 88.2 Å². The smallest absolute Gasteiger partial charge is 0.0732 e. The average molecular weight is 1080 g/mol. The molecule has 3 saturated carbocycles. The highest BCUT2D eigenvalue weighted by Crippen LogP contribution is 2.60. The molecular weight excluding hydrogens is 1010 g/mol. The van der Waals surface area contributed by atoms with Gasteiger partial charge < -0.3 is 15.3 Å². The van der Waals surface area contributed by atoms with Crippen LogP contribution in [0.25, 0.3) is 27.1 Å². The molecule has 6 aliphatic rings. The lowest BCUT2D eigenvalue weighted by Gasteiger charge is -2.44. The number of hydrogen-bond donors (Lipinski definition) is 3. The van der Waals surface area contributed by atoms with E-state index in [4.69, 9.17) is 34.8 Å². The monoisotopic (exact) mass is 1070 g/mol. The van der Waals surface area contributed by atoms with Gasteiger partial charge in [-0.3, -0.25) is 0 Å². The van der Waals surface area contributed by atoms with Crippen LogP contribution < -0.4 is 0 Å². The zero-order valence-electron chi connectivity index (χ0n) is 38.6. The molecule has 0 unspecified atom stereocenters. The van der Waals surface area contributed by atoms with Crippen molar-refractivity contribution in [2.75, 3.05) is 0 Å². The number of aryl methyl sites for hydroxylation is 2. The van der Waals surface area contributed by atoms with Crippen molar-refractivity contribution >= 4 is 102 Å². The maximum Gasteiger partial charge on any atom is 0.0732 e. The molecule has 0 aromatic heterocycles. The van der Waals surface area contributed by atoms with Gasteiger partial charge in [0.1, 0.15) is 0 Å². The van der Waals surface area contributed by atoms with E-state index in [-0.39, 0.29) is 34.6 Å². The van der Waals surface area contributed by atoms with Crippen LogP contribution in [0.1, 0.15) is 118 Å². The van der Waals surface area contributed by atoms with Gasteiger partial charge in [0.15, 0.2) is 0 Å². The zero-order valence-corrected chi connectivity index (χ0v) is 45.0. The molecule has 9 atom stereocenters. The molecule has 0 spiro atoms. The van der Waals surface area contributed by atoms with Crippen molar-refractivity contribution < 1.29 is 15.3 Å². The molecule has 11 rings (SSSR count). The number of hydrogen-bond acceptors (Lipinski definition) is 3. The number of halogens is 5. The van der Waals surface area contributed by atoms with Gasteiger partial charge in [0.05, 0.1) is 26.4 Å². The fourth-order valence-electron chi connectivity index (χ4n) is 13.6. The van der Waals surface area contributed by atoms with Crippen LogP contribution in [-0.2, 0) is 12.8 Å². The molecule has 5 aromatic rings. The molecule has 65 heavy (non-hydrogen) atoms. The Morgan fingerprint density at radius 1 is 0.569 bits per heavy atom. The van der Waals surface area contributed by atoms with Crippen LogP contribution in [0.15, 0.2) is 99.1 Å². The largest absolute Gasteiger partial charge is 0.393 e. The second-order valence-corrected chi connectivity index (χ2v) is 30.6. The lowest BCUT2D eigenvalue weighted by atomic mass is 9.66. The third kappa shape index (κ3) is 8.95. The van der Waals surface area contributed by atoms with Gasteiger partial charge in [0, 0.05) is 24.0 Å². The SMILES string of the molecule is C=C1C(c2ccc(Cl)cc2)=C([Si](C)(C)C)C[C@@]2(C)C[C@@H](O)C[C@H]12.C[C@@]12CCc3c(cc(Br)c4cc(Cl)ccc34)[C@H]1C[C@H](O)C2.C[C@@]12CCc3c(cc(Br)c4ccc(Cl)cc34)[C@H]1C[C@H](O)C2. The molecule has 9 heteroatoms. The minimum Gasteiger partial charge on any atom is -0.393 e. The van der Waals surface area contributed by atoms with Gasteiger partial charge in [0.2, 0.25) is 0 Å². The van der Waals surface area contributed by atoms with Crippen molar-refractivity contribution in [2.24, 2.45) is 22.2 Å². The summed E-state index contributed by atoms with van der Waals surface area (Å²) in [4.78, 5) is 0. The van der Waals surface area contributed by atoms with E-state index >= 15 is 0 Å². The van der Waals surface area contributed by atoms with Gasteiger partial charge >= 0.3 is 0 Å². The highest BCUT2D eigenvalue weighted by molar-refractivity contribution is 9.11. The number of rotatable bonds is 2. The average Bonchev–Trinajstić information content (AvgIpc) is 3.85. The van der Waals surface area contributed by atoms with Crippen LogP contribution in [0, 0.1) is 22.2 Å². The van der Waals surface area contributed by atoms with Crippen molar-refractivity contribution in [1.82, 2.24) is 0 Å². The number of aliphatic hydroxyl groups is 3. The standard InChI is InChI=1S/C20H27ClOSi.2C18H18BrClO/c1-13-17-10-16(22)11-20(17,2)12-18(23(3,4)5)19(13)14-6-8-15(21)9-7-14;1-18-5-4-12-14-6-10(20)2-3-13(14)17(19)8-15(12)16(18)7-11(21)9-18;1-18-5-4-13-12-3-2-10(20)6-15(12)17(19)8-14(13)16(18)7-11(21)9-18/h6-9,16-17,22H,1,10-12H2,2-5H3;2*2-3,6,8,11,16,21H,4-5,7,9H2,1H3/t16-,17+,20+;2*11-,16+,18-/m000/s1. The Morgan fingerprint density at radius 2 is 1.02 bits per heavy atom. The minimum absolute atomic E-state index is 0.148. The van der Waals surface area contributed by atoms with Gasteiger partial charge in [0.25, 0.3) is 0 Å². The molecule has 3 nitrogen and oxygen atoms in total. The molecule has 0 amide bonds. The van der Waals surface area contributed by atoms with E-state index in [0.29, 0.717) is 17.8 Å². The van der Waals surface area contributed by atoms with Crippen LogP contribution in [-0.4, -0.2) is 41.7 Å². The quantitative estimate of drug-likeness (QED) is 0.154. The number of fused-ring (bicyclic) bond motifs is 11. The second-order valence-electron chi connectivity index (χ2n) is 22.4. The van der Waals surface area contributed by atoms with Crippen molar-refractivity contribution in [3.05, 3.63) is 142 Å². The fourth-order valence-corrected chi connectivity index (χ4v) is 17.2. The van der Waals surface area contributed by atoms with Crippen LogP contribution in [0.2, 0.25) is 34.7 Å². The maximum atomic E-state index is 10.3. The Bertz CT molecular complexity index is 2750. The first-order valence-electron chi connectivity index (χ1n) is 23.6. The molecule has 0 aliphatic heterocycles. The molecule has 3 fully saturated rings. The van der Waals surface area contributed by atoms with E-state index in [9.17, 15) is 15.3 Å². The summed E-state index contributed by atoms with van der Waals surface area (Å²) in [6.45, 7) is 18.8. The summed E-state index contributed by atoms with van der Waals surface area (Å²) in [5.41, 5.74) is 10.2. The Kier molecular flexibility index (Phi) is 13.1. The molecular formula is C56H63Br2Cl3O3Si. The van der Waals surface area contributed by atoms with Crippen LogP contribution >= 0.6 is 66.7 Å². The van der Waals surface area contributed by atoms with Crippen LogP contribution in [0.3, 0.4) is 0 Å². The molecule has 3 N–H and O–H groups in total. The van der Waals surface area contributed by atoms with E-state index in [1.54, 1.807) is 5.20 Å². The summed E-state index contributed by atoms with van der Waals surface area (Å²) in [5, 5.41) is 39.5. The minimum atomic E-state index is -1.48. The summed E-state index contributed by atoms with van der Waals surface area (Å²) in [6.07, 6.45) is 10.5. The molecule has 344 valence electrons. The van der Waals surface area contributed by atoms with Gasteiger partial charge in [-0.15, -0.1) is 0 Å². The predicted molar refractivity (Wildman–Crippen MR) is 284 cm³/mol. The van der Waals surface area contributed by atoms with Crippen LogP contribution in [0.5, 0.6) is 0 Å². The van der Waals surface area contributed by atoms with E-state index in [1.165, 1.54) is 66.9 Å². The maximum absolute atomic E-state index is 10.3. The summed E-state index contributed by atoms with van der Waals surface area (Å²) < 4.78 is 2.25. The normalized spacial score (nSPS) is 31.3. The van der Waals surface area contributed by atoms with Crippen molar-refractivity contribution in [1.29, 1.82) is 0 Å². The summed E-state index contributed by atoms with van der Waals surface area (Å²) in [7, 11) is -1.48. The van der Waals surface area contributed by atoms with E-state index in [2.05, 4.69) is 121 Å². The molecule has 5 aromatic carbocycles. The van der Waals surface area contributed by atoms with Gasteiger partial charge in [-0.1, -0.05) is 143 Å². The summed E-state index contributed by atoms with van der Waals surface area (Å²) >= 11 is 25.9. The Balaban J connectivity index is 0.000000123. The topological polar surface area (TPSA) is 60.7 Å². The highest BCUT2D eigenvalue weighted by Gasteiger charge is 2.51. The lowest BCUT2D eigenvalue weighted by Crippen LogP contribution is -2.37. The molecule has 0 radical (unpaired) electrons. The van der Waals surface area contributed by atoms with Gasteiger partial charge in [-0.25, -0.2) is 0 Å². The van der Waals surface area contributed by atoms with E-state index in [1.807, 2.05) is 30.3 Å². The Hall–Kier alpha value is -1.97. The predicted octanol–water partition coefficient (Wildman–Crippen LogP) is 16.6. The highest BCUT2D eigenvalue weighted by atomic mass is 79.9. The third-order valence-corrected chi connectivity index (χ3v) is 21.1. The lowest BCUT2D eigenvalue weighted by molar-refractivity contribution is 0.159. The van der Waals surface area contributed by atoms with Gasteiger partial charge in [-0.05, 0) is 214 Å². The van der Waals surface area contributed by atoms with Crippen molar-refractivity contribution in [3.63, 3.8) is 0 Å². The first-order chi connectivity index (χ1) is 30.6. The third-order valence-electron chi connectivity index (χ3n) is 16.8. The zero-order chi connectivity index (χ0) is 46.5. The molecule has 0 bridgehead atoms. The molecule has 0 heterocycles. The first kappa shape index (κ1) is 48.1. The van der Waals surface area contributed by atoms with Crippen molar-refractivity contribution in [3.8, 4) is 0 Å². The number of allylic oxidation sites excluding steroid dienone is 3. The van der Waals surface area contributed by atoms with E-state index < -0.39 is 8.07 Å². The first-order valence-corrected chi connectivity index (χ1v) is 29.8. The summed E-state index contributed by atoms with van der Waals surface area (Å²) in [6, 6.07) is 25.0. The van der Waals surface area contributed by atoms with Gasteiger partial charge in [-0.2, -0.15) is 0 Å². The Labute approximate surface area is 419 Å². The number of benzene rings is 5.